The van der Waals surface area contributed by atoms with Crippen LogP contribution >= 0.6 is 0 Å². The lowest BCUT2D eigenvalue weighted by atomic mass is 9.99. The summed E-state index contributed by atoms with van der Waals surface area (Å²) in [6.07, 6.45) is 0.940. The van der Waals surface area contributed by atoms with Crippen molar-refractivity contribution in [1.29, 1.82) is 0 Å². The molecule has 1 aliphatic carbocycles. The van der Waals surface area contributed by atoms with Gasteiger partial charge in [0.15, 0.2) is 9.84 Å². The molecule has 0 unspecified atom stereocenters. The molecular formula is C12H13NO5S. The zero-order valence-corrected chi connectivity index (χ0v) is 10.9. The third kappa shape index (κ3) is 2.65. The Morgan fingerprint density at radius 2 is 1.74 bits per heavy atom. The predicted molar refractivity (Wildman–Crippen MR) is 67.5 cm³/mol. The second-order valence-electron chi connectivity index (χ2n) is 4.51. The van der Waals surface area contributed by atoms with Crippen LogP contribution < -0.4 is 0 Å². The van der Waals surface area contributed by atoms with Crippen LogP contribution in [0.2, 0.25) is 0 Å². The normalized spacial score (nSPS) is 17.4. The molecule has 0 aliphatic heterocycles. The SMILES string of the molecule is O=C1CCC(S(=O)(=O)c2ccccc2[N+](=O)[O-])CC1. The summed E-state index contributed by atoms with van der Waals surface area (Å²) in [4.78, 5) is 21.1. The quantitative estimate of drug-likeness (QED) is 0.623. The molecule has 19 heavy (non-hydrogen) atoms. The van der Waals surface area contributed by atoms with Crippen LogP contribution in [0.25, 0.3) is 0 Å². The minimum Gasteiger partial charge on any atom is -0.300 e. The fourth-order valence-corrected chi connectivity index (χ4v) is 4.17. The van der Waals surface area contributed by atoms with E-state index in [2.05, 4.69) is 0 Å². The Bertz CT molecular complexity index is 613. The number of benzene rings is 1. The lowest BCUT2D eigenvalue weighted by Gasteiger charge is -2.20. The molecule has 0 amide bonds. The fraction of sp³-hybridized carbons (Fsp3) is 0.417. The fourth-order valence-electron chi connectivity index (χ4n) is 2.25. The van der Waals surface area contributed by atoms with Gasteiger partial charge in [0.05, 0.1) is 10.2 Å². The molecule has 0 bridgehead atoms. The van der Waals surface area contributed by atoms with E-state index in [1.807, 2.05) is 0 Å². The molecule has 1 fully saturated rings. The van der Waals surface area contributed by atoms with Gasteiger partial charge in [-0.1, -0.05) is 12.1 Å². The first-order valence-electron chi connectivity index (χ1n) is 5.92. The number of Topliss-reactive ketones (excluding diaryl/α,β-unsaturated/α-hetero) is 1. The summed E-state index contributed by atoms with van der Waals surface area (Å²) in [5.41, 5.74) is -0.403. The Morgan fingerprint density at radius 1 is 1.16 bits per heavy atom. The molecule has 0 heterocycles. The number of hydrogen-bond donors (Lipinski definition) is 0. The lowest BCUT2D eigenvalue weighted by molar-refractivity contribution is -0.387. The standard InChI is InChI=1S/C12H13NO5S/c14-9-5-7-10(8-6-9)19(17,18)12-4-2-1-3-11(12)13(15)16/h1-4,10H,5-8H2. The van der Waals surface area contributed by atoms with Crippen LogP contribution in [0.3, 0.4) is 0 Å². The number of ketones is 1. The average Bonchev–Trinajstić information content (AvgIpc) is 2.39. The van der Waals surface area contributed by atoms with Crippen molar-refractivity contribution in [2.45, 2.75) is 35.8 Å². The zero-order chi connectivity index (χ0) is 14.0. The molecular weight excluding hydrogens is 270 g/mol. The van der Waals surface area contributed by atoms with E-state index in [9.17, 15) is 23.3 Å². The third-order valence-corrected chi connectivity index (χ3v) is 5.60. The van der Waals surface area contributed by atoms with E-state index in [-0.39, 0.29) is 36.4 Å². The van der Waals surface area contributed by atoms with E-state index >= 15 is 0 Å². The largest absolute Gasteiger partial charge is 0.300 e. The van der Waals surface area contributed by atoms with Gasteiger partial charge in [-0.15, -0.1) is 0 Å². The van der Waals surface area contributed by atoms with Gasteiger partial charge in [-0.2, -0.15) is 0 Å². The number of rotatable bonds is 3. The number of nitro benzene ring substituents is 1. The third-order valence-electron chi connectivity index (χ3n) is 3.30. The van der Waals surface area contributed by atoms with E-state index in [0.717, 1.165) is 0 Å². The first-order valence-corrected chi connectivity index (χ1v) is 7.46. The van der Waals surface area contributed by atoms with Crippen LogP contribution in [0.4, 0.5) is 5.69 Å². The van der Waals surface area contributed by atoms with Crippen molar-refractivity contribution in [3.63, 3.8) is 0 Å². The molecule has 1 saturated carbocycles. The van der Waals surface area contributed by atoms with Gasteiger partial charge in [0.2, 0.25) is 0 Å². The van der Waals surface area contributed by atoms with Crippen molar-refractivity contribution in [2.24, 2.45) is 0 Å². The van der Waals surface area contributed by atoms with E-state index in [1.54, 1.807) is 0 Å². The van der Waals surface area contributed by atoms with Crippen molar-refractivity contribution in [2.75, 3.05) is 0 Å². The monoisotopic (exact) mass is 283 g/mol. The highest BCUT2D eigenvalue weighted by molar-refractivity contribution is 7.92. The summed E-state index contributed by atoms with van der Waals surface area (Å²) in [5.74, 6) is 0.0500. The van der Waals surface area contributed by atoms with Crippen LogP contribution in [-0.2, 0) is 14.6 Å². The van der Waals surface area contributed by atoms with Gasteiger partial charge < -0.3 is 0 Å². The Morgan fingerprint density at radius 3 is 2.32 bits per heavy atom. The molecule has 1 aromatic carbocycles. The van der Waals surface area contributed by atoms with E-state index in [1.165, 1.54) is 24.3 Å². The molecule has 1 aromatic rings. The lowest BCUT2D eigenvalue weighted by Crippen LogP contribution is -2.27. The maximum atomic E-state index is 12.4. The minimum absolute atomic E-state index is 0.0500. The molecule has 102 valence electrons. The molecule has 2 rings (SSSR count). The molecule has 0 saturated heterocycles. The first kappa shape index (κ1) is 13.7. The molecule has 7 heteroatoms. The van der Waals surface area contributed by atoms with E-state index < -0.39 is 25.7 Å². The summed E-state index contributed by atoms with van der Waals surface area (Å²) in [7, 11) is -3.76. The molecule has 0 N–H and O–H groups in total. The minimum atomic E-state index is -3.76. The predicted octanol–water partition coefficient (Wildman–Crippen LogP) is 1.88. The average molecular weight is 283 g/mol. The summed E-state index contributed by atoms with van der Waals surface area (Å²) in [6.45, 7) is 0. The summed E-state index contributed by atoms with van der Waals surface area (Å²) >= 11 is 0. The van der Waals surface area contributed by atoms with Gasteiger partial charge in [0.25, 0.3) is 5.69 Å². The van der Waals surface area contributed by atoms with Crippen molar-refractivity contribution < 1.29 is 18.1 Å². The van der Waals surface area contributed by atoms with Crippen molar-refractivity contribution in [3.8, 4) is 0 Å². The van der Waals surface area contributed by atoms with Gasteiger partial charge in [0, 0.05) is 18.9 Å². The van der Waals surface area contributed by atoms with Crippen LogP contribution in [0, 0.1) is 10.1 Å². The maximum absolute atomic E-state index is 12.4. The highest BCUT2D eigenvalue weighted by Crippen LogP contribution is 2.32. The number of hydrogen-bond acceptors (Lipinski definition) is 5. The molecule has 1 aliphatic rings. The second kappa shape index (κ2) is 5.08. The highest BCUT2D eigenvalue weighted by atomic mass is 32.2. The van der Waals surface area contributed by atoms with Crippen LogP contribution in [-0.4, -0.2) is 24.4 Å². The number of sulfone groups is 1. The van der Waals surface area contributed by atoms with Crippen LogP contribution in [0.15, 0.2) is 29.2 Å². The van der Waals surface area contributed by atoms with Crippen molar-refractivity contribution in [3.05, 3.63) is 34.4 Å². The van der Waals surface area contributed by atoms with E-state index in [4.69, 9.17) is 0 Å². The Hall–Kier alpha value is -1.76. The van der Waals surface area contributed by atoms with Gasteiger partial charge in [-0.3, -0.25) is 14.9 Å². The Labute approximate surface area is 110 Å². The van der Waals surface area contributed by atoms with Crippen molar-refractivity contribution in [1.82, 2.24) is 0 Å². The molecule has 0 radical (unpaired) electrons. The molecule has 0 aromatic heterocycles. The topological polar surface area (TPSA) is 94.3 Å². The van der Waals surface area contributed by atoms with Gasteiger partial charge >= 0.3 is 0 Å². The number of para-hydroxylation sites is 1. The molecule has 6 nitrogen and oxygen atoms in total. The molecule has 0 spiro atoms. The van der Waals surface area contributed by atoms with Crippen LogP contribution in [0.5, 0.6) is 0 Å². The Balaban J connectivity index is 2.40. The number of carbonyl (C=O) groups excluding carboxylic acids is 1. The molecule has 0 atom stereocenters. The number of carbonyl (C=O) groups is 1. The summed E-state index contributed by atoms with van der Waals surface area (Å²) in [5, 5.41) is 10.2. The smallest absolute Gasteiger partial charge is 0.287 e. The van der Waals surface area contributed by atoms with Crippen molar-refractivity contribution >= 4 is 21.3 Å². The highest BCUT2D eigenvalue weighted by Gasteiger charge is 2.35. The van der Waals surface area contributed by atoms with E-state index in [0.29, 0.717) is 0 Å². The summed E-state index contributed by atoms with van der Waals surface area (Å²) < 4.78 is 24.8. The number of nitro groups is 1. The second-order valence-corrected chi connectivity index (χ2v) is 6.70. The zero-order valence-electron chi connectivity index (χ0n) is 10.1. The van der Waals surface area contributed by atoms with Gasteiger partial charge in [-0.05, 0) is 18.9 Å². The maximum Gasteiger partial charge on any atom is 0.287 e. The summed E-state index contributed by atoms with van der Waals surface area (Å²) in [6, 6.07) is 5.33. The van der Waals surface area contributed by atoms with Crippen LogP contribution in [0.1, 0.15) is 25.7 Å². The first-order chi connectivity index (χ1) is 8.93. The van der Waals surface area contributed by atoms with Gasteiger partial charge in [-0.25, -0.2) is 8.42 Å². The Kier molecular flexibility index (Phi) is 3.66. The number of nitrogens with zero attached hydrogens (tertiary/aromatic N) is 1. The van der Waals surface area contributed by atoms with Gasteiger partial charge in [0.1, 0.15) is 10.7 Å².